The Kier molecular flexibility index (Phi) is 62.9. The van der Waals surface area contributed by atoms with Gasteiger partial charge in [-0.05, 0) is 12.8 Å². The van der Waals surface area contributed by atoms with E-state index in [9.17, 15) is 19.5 Å². The Morgan fingerprint density at radius 3 is 0.790 bits per heavy atom. The minimum atomic E-state index is -1.50. The van der Waals surface area contributed by atoms with Crippen molar-refractivity contribution < 1.29 is 42.9 Å². The highest BCUT2D eigenvalue weighted by Crippen LogP contribution is 2.20. The molecule has 2 atom stereocenters. The number of carbonyl (C=O) groups is 3. The number of hydrogen-bond donors (Lipinski definition) is 1. The molecule has 0 aliphatic rings. The first-order valence-electron chi connectivity index (χ1n) is 36.2. The summed E-state index contributed by atoms with van der Waals surface area (Å²) in [5.74, 6) is -1.96. The summed E-state index contributed by atoms with van der Waals surface area (Å²) in [5, 5.41) is 9.75. The monoisotopic (exact) mass is 1150 g/mol. The Labute approximate surface area is 504 Å². The molecule has 0 amide bonds. The van der Waals surface area contributed by atoms with Crippen LogP contribution in [0.15, 0.2) is 0 Å². The fourth-order valence-electron chi connectivity index (χ4n) is 11.3. The van der Waals surface area contributed by atoms with Crippen LogP contribution in [0.5, 0.6) is 0 Å². The molecule has 0 heterocycles. The zero-order valence-electron chi connectivity index (χ0n) is 55.2. The third kappa shape index (κ3) is 65.7. The molecule has 0 rings (SSSR count). The summed E-state index contributed by atoms with van der Waals surface area (Å²) < 4.78 is 23.0. The average molecular weight is 1150 g/mol. The van der Waals surface area contributed by atoms with Gasteiger partial charge in [-0.15, -0.1) is 0 Å². The highest BCUT2D eigenvalue weighted by Gasteiger charge is 2.25. The largest absolute Gasteiger partial charge is 0.477 e. The number of ether oxygens (including phenoxy) is 4. The van der Waals surface area contributed by atoms with Crippen LogP contribution in [0.2, 0.25) is 0 Å². The number of quaternary nitrogens is 1. The Balaban J connectivity index is 4.02. The van der Waals surface area contributed by atoms with Gasteiger partial charge in [0.2, 0.25) is 0 Å². The molecule has 81 heavy (non-hydrogen) atoms. The lowest BCUT2D eigenvalue weighted by atomic mass is 10.0. The van der Waals surface area contributed by atoms with Gasteiger partial charge in [-0.1, -0.05) is 361 Å². The molecule has 0 aromatic heterocycles. The fourth-order valence-corrected chi connectivity index (χ4v) is 11.3. The van der Waals surface area contributed by atoms with E-state index in [0.29, 0.717) is 17.4 Å². The average Bonchev–Trinajstić information content (AvgIpc) is 3.44. The molecule has 1 N–H and O–H groups in total. The second kappa shape index (κ2) is 64.3. The predicted octanol–water partition coefficient (Wildman–Crippen LogP) is 22.3. The summed E-state index contributed by atoms with van der Waals surface area (Å²) in [6.07, 6.45) is 73.8. The number of nitrogens with zero attached hydrogens (tertiary/aromatic N) is 1. The smallest absolute Gasteiger partial charge is 0.361 e. The lowest BCUT2D eigenvalue weighted by Crippen LogP contribution is -2.40. The molecule has 9 heteroatoms. The van der Waals surface area contributed by atoms with Crippen LogP contribution in [0, 0.1) is 0 Å². The quantitative estimate of drug-likeness (QED) is 0.0278. The van der Waals surface area contributed by atoms with Crippen LogP contribution in [0.25, 0.3) is 0 Å². The summed E-state index contributed by atoms with van der Waals surface area (Å²) in [4.78, 5) is 37.6. The number of esters is 2. The first-order valence-corrected chi connectivity index (χ1v) is 36.2. The van der Waals surface area contributed by atoms with Gasteiger partial charge in [0.1, 0.15) is 13.2 Å². The summed E-state index contributed by atoms with van der Waals surface area (Å²) >= 11 is 0. The molecule has 0 aliphatic carbocycles. The van der Waals surface area contributed by atoms with Crippen molar-refractivity contribution in [3.8, 4) is 0 Å². The topological polar surface area (TPSA) is 108 Å². The number of unbranched alkanes of at least 4 members (excludes halogenated alkanes) is 54. The zero-order valence-corrected chi connectivity index (χ0v) is 55.2. The molecule has 0 aromatic carbocycles. The number of carboxylic acid groups (broad SMARTS) is 1. The van der Waals surface area contributed by atoms with E-state index in [1.165, 1.54) is 321 Å². The van der Waals surface area contributed by atoms with Crippen molar-refractivity contribution in [2.75, 3.05) is 47.5 Å². The van der Waals surface area contributed by atoms with Gasteiger partial charge in [0.05, 0.1) is 34.4 Å². The molecule has 0 aliphatic heterocycles. The molecule has 9 nitrogen and oxygen atoms in total. The normalized spacial score (nSPS) is 12.6. The van der Waals surface area contributed by atoms with E-state index in [1.54, 1.807) is 0 Å². The standard InChI is InChI=1S/C72H141NO8/c1-6-8-10-12-14-16-18-20-22-24-26-28-30-32-34-35-37-39-41-43-45-47-49-51-53-55-57-59-61-63-70(75)81-68(67-80-72(71(76)77)78-65-64-73(3,4)5)66-79-69(74)62-60-58-56-54-52-50-48-46-44-42-40-38-36-33-31-29-27-25-23-21-19-17-15-13-11-9-7-2/h68,72H,6-67H2,1-5H3/p+1. The minimum Gasteiger partial charge on any atom is -0.477 e. The van der Waals surface area contributed by atoms with Crippen LogP contribution in [-0.2, 0) is 33.3 Å². The Hall–Kier alpha value is -1.71. The van der Waals surface area contributed by atoms with Crippen molar-refractivity contribution in [3.05, 3.63) is 0 Å². The predicted molar refractivity (Wildman–Crippen MR) is 346 cm³/mol. The Morgan fingerprint density at radius 1 is 0.321 bits per heavy atom. The van der Waals surface area contributed by atoms with Crippen LogP contribution in [-0.4, -0.2) is 87.4 Å². The van der Waals surface area contributed by atoms with Gasteiger partial charge in [0.25, 0.3) is 6.29 Å². The minimum absolute atomic E-state index is 0.172. The lowest BCUT2D eigenvalue weighted by molar-refractivity contribution is -0.870. The summed E-state index contributed by atoms with van der Waals surface area (Å²) in [6.45, 7) is 4.98. The molecule has 0 saturated carbocycles. The highest BCUT2D eigenvalue weighted by molar-refractivity contribution is 5.71. The number of hydrogen-bond acceptors (Lipinski definition) is 7. The first kappa shape index (κ1) is 79.3. The van der Waals surface area contributed by atoms with E-state index in [2.05, 4.69) is 13.8 Å². The van der Waals surface area contributed by atoms with E-state index in [-0.39, 0.29) is 38.2 Å². The summed E-state index contributed by atoms with van der Waals surface area (Å²) in [5.41, 5.74) is 0. The third-order valence-corrected chi connectivity index (χ3v) is 16.9. The van der Waals surface area contributed by atoms with Gasteiger partial charge in [-0.2, -0.15) is 0 Å². The maximum atomic E-state index is 12.9. The van der Waals surface area contributed by atoms with Gasteiger partial charge in [0.15, 0.2) is 6.10 Å². The Bertz CT molecular complexity index is 1290. The number of likely N-dealkylation sites (N-methyl/N-ethyl adjacent to an activating group) is 1. The van der Waals surface area contributed by atoms with Crippen LogP contribution in [0.4, 0.5) is 0 Å². The molecule has 0 bridgehead atoms. The molecule has 0 spiro atoms. The lowest BCUT2D eigenvalue weighted by Gasteiger charge is -2.25. The van der Waals surface area contributed by atoms with Gasteiger partial charge in [-0.25, -0.2) is 4.79 Å². The van der Waals surface area contributed by atoms with Gasteiger partial charge >= 0.3 is 17.9 Å². The molecule has 2 unspecified atom stereocenters. The van der Waals surface area contributed by atoms with E-state index in [1.807, 2.05) is 21.1 Å². The van der Waals surface area contributed by atoms with Crippen LogP contribution in [0.1, 0.15) is 386 Å². The van der Waals surface area contributed by atoms with Crippen LogP contribution >= 0.6 is 0 Å². The molecule has 0 aromatic rings. The second-order valence-corrected chi connectivity index (χ2v) is 26.3. The highest BCUT2D eigenvalue weighted by atomic mass is 16.7. The van der Waals surface area contributed by atoms with Crippen LogP contribution < -0.4 is 0 Å². The van der Waals surface area contributed by atoms with Crippen molar-refractivity contribution in [2.45, 2.75) is 399 Å². The van der Waals surface area contributed by atoms with E-state index in [0.717, 1.165) is 38.5 Å². The van der Waals surface area contributed by atoms with Gasteiger partial charge < -0.3 is 28.5 Å². The number of carboxylic acids is 1. The summed E-state index contributed by atoms with van der Waals surface area (Å²) in [6, 6.07) is 0. The Morgan fingerprint density at radius 2 is 0.556 bits per heavy atom. The first-order chi connectivity index (χ1) is 39.6. The molecule has 0 fully saturated rings. The van der Waals surface area contributed by atoms with Gasteiger partial charge in [-0.3, -0.25) is 9.59 Å². The van der Waals surface area contributed by atoms with Crippen molar-refractivity contribution in [2.24, 2.45) is 0 Å². The molecule has 482 valence electrons. The third-order valence-electron chi connectivity index (χ3n) is 16.9. The number of carbonyl (C=O) groups excluding carboxylic acids is 2. The SMILES string of the molecule is CCCCCCCCCCCCCCCCCCCCCCCCCCCCCCCC(=O)OC(COC(=O)CCCCCCCCCCCCCCCCCCCCCCCCCCCCC)COC(OCC[N+](C)(C)C)C(=O)O. The zero-order chi connectivity index (χ0) is 59.1. The maximum absolute atomic E-state index is 12.9. The van der Waals surface area contributed by atoms with Crippen molar-refractivity contribution >= 4 is 17.9 Å². The van der Waals surface area contributed by atoms with Crippen molar-refractivity contribution in [3.63, 3.8) is 0 Å². The molecular formula is C72H142NO8+. The molecule has 0 saturated heterocycles. The van der Waals surface area contributed by atoms with E-state index in [4.69, 9.17) is 18.9 Å². The maximum Gasteiger partial charge on any atom is 0.361 e. The van der Waals surface area contributed by atoms with Crippen molar-refractivity contribution in [1.82, 2.24) is 0 Å². The van der Waals surface area contributed by atoms with Crippen LogP contribution in [0.3, 0.4) is 0 Å². The second-order valence-electron chi connectivity index (χ2n) is 26.3. The number of aliphatic carboxylic acids is 1. The van der Waals surface area contributed by atoms with Crippen molar-refractivity contribution in [1.29, 1.82) is 0 Å². The van der Waals surface area contributed by atoms with E-state index < -0.39 is 18.4 Å². The summed E-state index contributed by atoms with van der Waals surface area (Å²) in [7, 11) is 6.00. The van der Waals surface area contributed by atoms with E-state index >= 15 is 0 Å². The molecular weight excluding hydrogens is 1010 g/mol. The number of rotatable bonds is 69. The molecule has 0 radical (unpaired) electrons. The van der Waals surface area contributed by atoms with Gasteiger partial charge in [0, 0.05) is 12.8 Å². The fraction of sp³-hybridized carbons (Fsp3) is 0.958.